The normalized spacial score (nSPS) is 20.2. The maximum Gasteiger partial charge on any atom is 0.251 e. The van der Waals surface area contributed by atoms with Gasteiger partial charge in [0.05, 0.1) is 6.04 Å². The predicted octanol–water partition coefficient (Wildman–Crippen LogP) is 0.503. The van der Waals surface area contributed by atoms with Crippen LogP contribution in [0.1, 0.15) is 32.6 Å². The molecule has 1 heterocycles. The van der Waals surface area contributed by atoms with E-state index in [0.29, 0.717) is 5.92 Å². The topological polar surface area (TPSA) is 67.6 Å². The number of piperidine rings is 1. The van der Waals surface area contributed by atoms with Crippen LogP contribution in [0.5, 0.6) is 0 Å². The Labute approximate surface area is 104 Å². The summed E-state index contributed by atoms with van der Waals surface area (Å²) in [7, 11) is 1.74. The van der Waals surface area contributed by atoms with Crippen LogP contribution in [-0.4, -0.2) is 43.7 Å². The molecule has 1 aliphatic rings. The van der Waals surface area contributed by atoms with E-state index in [9.17, 15) is 4.79 Å². The molecule has 0 aromatic rings. The molecule has 1 fully saturated rings. The second kappa shape index (κ2) is 7.63. The molecule has 0 saturated carbocycles. The van der Waals surface area contributed by atoms with Crippen molar-refractivity contribution in [2.75, 3.05) is 26.8 Å². The van der Waals surface area contributed by atoms with Crippen LogP contribution in [0, 0.1) is 5.92 Å². The number of hydrogen-bond donors (Lipinski definition) is 2. The number of carbonyl (C=O) groups is 1. The van der Waals surface area contributed by atoms with Crippen molar-refractivity contribution in [1.29, 1.82) is 0 Å². The third-order valence-corrected chi connectivity index (χ3v) is 3.50. The van der Waals surface area contributed by atoms with Crippen molar-refractivity contribution in [1.82, 2.24) is 10.3 Å². The number of likely N-dealkylation sites (tertiary alicyclic amines) is 1. The van der Waals surface area contributed by atoms with E-state index in [2.05, 4.69) is 17.2 Å². The highest BCUT2D eigenvalue weighted by atomic mass is 16.5. The van der Waals surface area contributed by atoms with E-state index < -0.39 is 0 Å². The number of carbonyl (C=O) groups excluding carboxylic acids is 1. The first-order valence-corrected chi connectivity index (χ1v) is 6.46. The fraction of sp³-hybridized carbons (Fsp3) is 0.917. The average molecular weight is 243 g/mol. The van der Waals surface area contributed by atoms with Gasteiger partial charge < -0.3 is 4.74 Å². The minimum absolute atomic E-state index is 0.0583. The minimum Gasteiger partial charge on any atom is -0.384 e. The summed E-state index contributed by atoms with van der Waals surface area (Å²) in [5.74, 6) is 5.82. The van der Waals surface area contributed by atoms with Crippen molar-refractivity contribution < 1.29 is 9.53 Å². The zero-order valence-corrected chi connectivity index (χ0v) is 10.9. The summed E-state index contributed by atoms with van der Waals surface area (Å²) >= 11 is 0. The van der Waals surface area contributed by atoms with Crippen LogP contribution in [0.2, 0.25) is 0 Å². The summed E-state index contributed by atoms with van der Waals surface area (Å²) < 4.78 is 5.18. The van der Waals surface area contributed by atoms with E-state index in [1.807, 2.05) is 0 Å². The molecule has 1 unspecified atom stereocenters. The van der Waals surface area contributed by atoms with Crippen LogP contribution in [0.3, 0.4) is 0 Å². The maximum absolute atomic E-state index is 11.7. The Kier molecular flexibility index (Phi) is 6.47. The van der Waals surface area contributed by atoms with Gasteiger partial charge >= 0.3 is 0 Å². The molecule has 1 saturated heterocycles. The molecule has 0 aromatic heterocycles. The van der Waals surface area contributed by atoms with Crippen molar-refractivity contribution >= 4 is 5.91 Å². The fourth-order valence-electron chi connectivity index (χ4n) is 2.52. The van der Waals surface area contributed by atoms with E-state index in [1.165, 1.54) is 0 Å². The Balaban J connectivity index is 2.45. The van der Waals surface area contributed by atoms with Crippen molar-refractivity contribution in [3.63, 3.8) is 0 Å². The van der Waals surface area contributed by atoms with E-state index in [4.69, 9.17) is 10.6 Å². The van der Waals surface area contributed by atoms with Crippen LogP contribution in [-0.2, 0) is 9.53 Å². The summed E-state index contributed by atoms with van der Waals surface area (Å²) in [6, 6.07) is -0.0616. The van der Waals surface area contributed by atoms with Crippen LogP contribution in [0.15, 0.2) is 0 Å². The average Bonchev–Trinajstić information content (AvgIpc) is 2.37. The maximum atomic E-state index is 11.7. The van der Waals surface area contributed by atoms with Gasteiger partial charge in [-0.25, -0.2) is 5.84 Å². The van der Waals surface area contributed by atoms with Gasteiger partial charge in [-0.1, -0.05) is 13.3 Å². The SMILES string of the molecule is CCCC(C(=O)NN)N1CCC(COC)CC1. The van der Waals surface area contributed by atoms with Crippen molar-refractivity contribution in [3.05, 3.63) is 0 Å². The summed E-state index contributed by atoms with van der Waals surface area (Å²) in [5, 5.41) is 0. The van der Waals surface area contributed by atoms with Crippen LogP contribution >= 0.6 is 0 Å². The van der Waals surface area contributed by atoms with Gasteiger partial charge in [0, 0.05) is 13.7 Å². The number of nitrogens with two attached hydrogens (primary N) is 1. The number of hydrogen-bond acceptors (Lipinski definition) is 4. The number of rotatable bonds is 6. The first-order chi connectivity index (χ1) is 8.22. The number of hydrazine groups is 1. The largest absolute Gasteiger partial charge is 0.384 e. The standard InChI is InChI=1S/C12H25N3O2/c1-3-4-11(12(16)14-13)15-7-5-10(6-8-15)9-17-2/h10-11H,3-9,13H2,1-2H3,(H,14,16). The van der Waals surface area contributed by atoms with Gasteiger partial charge in [-0.2, -0.15) is 0 Å². The monoisotopic (exact) mass is 243 g/mol. The molecule has 0 aliphatic carbocycles. The fourth-order valence-corrected chi connectivity index (χ4v) is 2.52. The van der Waals surface area contributed by atoms with E-state index in [0.717, 1.165) is 45.4 Å². The first kappa shape index (κ1) is 14.4. The molecule has 0 aromatic carbocycles. The van der Waals surface area contributed by atoms with Crippen molar-refractivity contribution in [3.8, 4) is 0 Å². The lowest BCUT2D eigenvalue weighted by Gasteiger charge is -2.36. The second-order valence-electron chi connectivity index (χ2n) is 4.75. The minimum atomic E-state index is -0.0616. The quantitative estimate of drug-likeness (QED) is 0.405. The third kappa shape index (κ3) is 4.26. The third-order valence-electron chi connectivity index (χ3n) is 3.50. The molecule has 0 bridgehead atoms. The molecule has 5 nitrogen and oxygen atoms in total. The van der Waals surface area contributed by atoms with Gasteiger partial charge in [-0.15, -0.1) is 0 Å². The lowest BCUT2D eigenvalue weighted by atomic mass is 9.95. The summed E-state index contributed by atoms with van der Waals surface area (Å²) in [6.07, 6.45) is 4.08. The van der Waals surface area contributed by atoms with Crippen LogP contribution < -0.4 is 11.3 Å². The molecule has 1 amide bonds. The molecule has 0 spiro atoms. The Morgan fingerprint density at radius 3 is 2.65 bits per heavy atom. The first-order valence-electron chi connectivity index (χ1n) is 6.46. The summed E-state index contributed by atoms with van der Waals surface area (Å²) in [5.41, 5.74) is 2.28. The highest BCUT2D eigenvalue weighted by Gasteiger charge is 2.28. The number of methoxy groups -OCH3 is 1. The van der Waals surface area contributed by atoms with Crippen LogP contribution in [0.4, 0.5) is 0 Å². The number of nitrogens with one attached hydrogen (secondary N) is 1. The molecule has 5 heteroatoms. The molecular formula is C12H25N3O2. The number of ether oxygens (including phenoxy) is 1. The lowest BCUT2D eigenvalue weighted by Crippen LogP contribution is -2.51. The van der Waals surface area contributed by atoms with E-state index in [1.54, 1.807) is 7.11 Å². The highest BCUT2D eigenvalue weighted by molar-refractivity contribution is 5.81. The smallest absolute Gasteiger partial charge is 0.251 e. The molecule has 1 aliphatic heterocycles. The van der Waals surface area contributed by atoms with Crippen molar-refractivity contribution in [2.45, 2.75) is 38.6 Å². The molecule has 3 N–H and O–H groups in total. The van der Waals surface area contributed by atoms with Gasteiger partial charge in [0.2, 0.25) is 0 Å². The zero-order valence-electron chi connectivity index (χ0n) is 10.9. The molecular weight excluding hydrogens is 218 g/mol. The Hall–Kier alpha value is -0.650. The molecule has 0 radical (unpaired) electrons. The van der Waals surface area contributed by atoms with Gasteiger partial charge in [0.1, 0.15) is 0 Å². The molecule has 100 valence electrons. The number of nitrogens with zero attached hydrogens (tertiary/aromatic N) is 1. The Bertz CT molecular complexity index is 228. The number of amides is 1. The summed E-state index contributed by atoms with van der Waals surface area (Å²) in [4.78, 5) is 14.0. The van der Waals surface area contributed by atoms with E-state index >= 15 is 0 Å². The van der Waals surface area contributed by atoms with E-state index in [-0.39, 0.29) is 11.9 Å². The summed E-state index contributed by atoms with van der Waals surface area (Å²) in [6.45, 7) is 4.85. The molecule has 1 rings (SSSR count). The van der Waals surface area contributed by atoms with Crippen molar-refractivity contribution in [2.24, 2.45) is 11.8 Å². The van der Waals surface area contributed by atoms with Gasteiger partial charge in [-0.05, 0) is 38.3 Å². The van der Waals surface area contributed by atoms with Gasteiger partial charge in [0.15, 0.2) is 0 Å². The highest BCUT2D eigenvalue weighted by Crippen LogP contribution is 2.20. The lowest BCUT2D eigenvalue weighted by molar-refractivity contribution is -0.127. The van der Waals surface area contributed by atoms with Gasteiger partial charge in [-0.3, -0.25) is 15.1 Å². The Morgan fingerprint density at radius 1 is 1.53 bits per heavy atom. The molecule has 17 heavy (non-hydrogen) atoms. The second-order valence-corrected chi connectivity index (χ2v) is 4.75. The predicted molar refractivity (Wildman–Crippen MR) is 67.2 cm³/mol. The van der Waals surface area contributed by atoms with Gasteiger partial charge in [0.25, 0.3) is 5.91 Å². The van der Waals surface area contributed by atoms with Crippen LogP contribution in [0.25, 0.3) is 0 Å². The Morgan fingerprint density at radius 2 is 2.18 bits per heavy atom. The zero-order chi connectivity index (χ0) is 12.7. The molecule has 1 atom stereocenters.